The number of Topliss-reactive ketones (excluding diaryl/α,β-unsaturated/α-hetero) is 1. The molecule has 1 aliphatic rings. The molecule has 0 unspecified atom stereocenters. The molecule has 3 nitrogen and oxygen atoms in total. The van der Waals surface area contributed by atoms with Crippen molar-refractivity contribution in [3.05, 3.63) is 63.9 Å². The molecule has 0 aromatic heterocycles. The molecule has 106 valence electrons. The van der Waals surface area contributed by atoms with E-state index in [1.807, 2.05) is 0 Å². The van der Waals surface area contributed by atoms with E-state index >= 15 is 0 Å². The number of aromatic hydroxyl groups is 1. The van der Waals surface area contributed by atoms with Crippen molar-refractivity contribution in [1.29, 1.82) is 0 Å². The Morgan fingerprint density at radius 3 is 2.86 bits per heavy atom. The lowest BCUT2D eigenvalue weighted by molar-refractivity contribution is 0.0998. The van der Waals surface area contributed by atoms with Gasteiger partial charge in [-0.1, -0.05) is 23.7 Å². The van der Waals surface area contributed by atoms with E-state index in [9.17, 15) is 14.3 Å². The van der Waals surface area contributed by atoms with Gasteiger partial charge in [0.2, 0.25) is 0 Å². The number of fused-ring (bicyclic) bond motifs is 1. The highest BCUT2D eigenvalue weighted by Crippen LogP contribution is 2.31. The van der Waals surface area contributed by atoms with Crippen molar-refractivity contribution in [3.8, 4) is 11.5 Å². The van der Waals surface area contributed by atoms with E-state index in [-0.39, 0.29) is 34.5 Å². The van der Waals surface area contributed by atoms with Crippen LogP contribution in [-0.4, -0.2) is 17.5 Å². The summed E-state index contributed by atoms with van der Waals surface area (Å²) in [6.45, 7) is -0.00867. The van der Waals surface area contributed by atoms with E-state index in [0.717, 1.165) is 0 Å². The van der Waals surface area contributed by atoms with Crippen LogP contribution in [0.3, 0.4) is 0 Å². The highest BCUT2D eigenvalue weighted by atomic mass is 35.5. The van der Waals surface area contributed by atoms with Crippen molar-refractivity contribution in [3.63, 3.8) is 0 Å². The predicted molar refractivity (Wildman–Crippen MR) is 77.3 cm³/mol. The molecular formula is C16H10ClFO3. The molecular weight excluding hydrogens is 295 g/mol. The van der Waals surface area contributed by atoms with Crippen LogP contribution in [0.1, 0.15) is 15.9 Å². The molecule has 0 saturated heterocycles. The van der Waals surface area contributed by atoms with Gasteiger partial charge in [-0.25, -0.2) is 4.39 Å². The van der Waals surface area contributed by atoms with E-state index in [4.69, 9.17) is 16.3 Å². The van der Waals surface area contributed by atoms with E-state index < -0.39 is 5.82 Å². The van der Waals surface area contributed by atoms with Gasteiger partial charge in [-0.15, -0.1) is 0 Å². The molecule has 0 radical (unpaired) electrons. The Morgan fingerprint density at radius 2 is 2.10 bits per heavy atom. The van der Waals surface area contributed by atoms with Crippen LogP contribution in [0.5, 0.6) is 11.5 Å². The Labute approximate surface area is 125 Å². The first-order valence-corrected chi connectivity index (χ1v) is 6.59. The lowest BCUT2D eigenvalue weighted by Crippen LogP contribution is -2.19. The molecule has 21 heavy (non-hydrogen) atoms. The zero-order valence-electron chi connectivity index (χ0n) is 10.8. The van der Waals surface area contributed by atoms with Gasteiger partial charge in [0.1, 0.15) is 12.4 Å². The van der Waals surface area contributed by atoms with Crippen molar-refractivity contribution in [2.24, 2.45) is 0 Å². The normalized spacial score (nSPS) is 15.7. The zero-order chi connectivity index (χ0) is 15.0. The number of carbonyl (C=O) groups is 1. The van der Waals surface area contributed by atoms with Crippen LogP contribution in [-0.2, 0) is 0 Å². The Morgan fingerprint density at radius 1 is 1.29 bits per heavy atom. The fourth-order valence-electron chi connectivity index (χ4n) is 2.14. The monoisotopic (exact) mass is 304 g/mol. The maximum atomic E-state index is 13.6. The molecule has 0 atom stereocenters. The second-order valence-corrected chi connectivity index (χ2v) is 5.02. The summed E-state index contributed by atoms with van der Waals surface area (Å²) in [5, 5.41) is 9.57. The highest BCUT2D eigenvalue weighted by molar-refractivity contribution is 6.32. The van der Waals surface area contributed by atoms with Gasteiger partial charge < -0.3 is 9.84 Å². The average Bonchev–Trinajstić information content (AvgIpc) is 2.46. The van der Waals surface area contributed by atoms with Crippen molar-refractivity contribution < 1.29 is 19.0 Å². The Hall–Kier alpha value is -2.33. The summed E-state index contributed by atoms with van der Waals surface area (Å²) in [7, 11) is 0. The van der Waals surface area contributed by atoms with Gasteiger partial charge in [0, 0.05) is 5.57 Å². The van der Waals surface area contributed by atoms with Gasteiger partial charge >= 0.3 is 0 Å². The Bertz CT molecular complexity index is 768. The number of phenols is 1. The molecule has 1 N–H and O–H groups in total. The molecule has 2 aromatic rings. The Kier molecular flexibility index (Phi) is 3.39. The van der Waals surface area contributed by atoms with Crippen molar-refractivity contribution in [2.75, 3.05) is 6.61 Å². The molecule has 0 amide bonds. The summed E-state index contributed by atoms with van der Waals surface area (Å²) in [4.78, 5) is 12.3. The second-order valence-electron chi connectivity index (χ2n) is 4.61. The molecule has 0 spiro atoms. The largest absolute Gasteiger partial charge is 0.506 e. The summed E-state index contributed by atoms with van der Waals surface area (Å²) in [6.07, 6.45) is 1.61. The number of halogens is 2. The first-order valence-electron chi connectivity index (χ1n) is 6.21. The number of para-hydroxylation sites is 1. The summed E-state index contributed by atoms with van der Waals surface area (Å²) in [6, 6.07) is 8.85. The minimum absolute atomic E-state index is 0.00867. The van der Waals surface area contributed by atoms with E-state index in [2.05, 4.69) is 0 Å². The molecule has 3 rings (SSSR count). The lowest BCUT2D eigenvalue weighted by atomic mass is 9.98. The van der Waals surface area contributed by atoms with Gasteiger partial charge in [0.25, 0.3) is 0 Å². The lowest BCUT2D eigenvalue weighted by Gasteiger charge is -2.19. The number of benzene rings is 2. The molecule has 1 aliphatic heterocycles. The van der Waals surface area contributed by atoms with Gasteiger partial charge in [0.15, 0.2) is 17.3 Å². The molecule has 2 aromatic carbocycles. The molecule has 0 bridgehead atoms. The van der Waals surface area contributed by atoms with Gasteiger partial charge in [-0.05, 0) is 35.9 Å². The van der Waals surface area contributed by atoms with E-state index in [0.29, 0.717) is 11.1 Å². The number of phenolic OH excluding ortho intramolecular Hbond substituents is 1. The fraction of sp³-hybridized carbons (Fsp3) is 0.0625. The maximum absolute atomic E-state index is 13.6. The zero-order valence-corrected chi connectivity index (χ0v) is 11.5. The number of hydrogen-bond acceptors (Lipinski definition) is 3. The number of hydrogen-bond donors (Lipinski definition) is 1. The van der Waals surface area contributed by atoms with Crippen LogP contribution in [0, 0.1) is 5.82 Å². The summed E-state index contributed by atoms with van der Waals surface area (Å²) in [5.74, 6) is -0.867. The average molecular weight is 305 g/mol. The predicted octanol–water partition coefficient (Wildman–Crippen LogP) is 3.84. The van der Waals surface area contributed by atoms with E-state index in [1.54, 1.807) is 12.1 Å². The van der Waals surface area contributed by atoms with Crippen molar-refractivity contribution >= 4 is 23.5 Å². The minimum Gasteiger partial charge on any atom is -0.506 e. The van der Waals surface area contributed by atoms with Crippen LogP contribution in [0.2, 0.25) is 5.02 Å². The van der Waals surface area contributed by atoms with Crippen molar-refractivity contribution in [1.82, 2.24) is 0 Å². The number of carbonyl (C=O) groups excluding carboxylic acids is 1. The SMILES string of the molecule is O=C1C(=Cc2ccc(O)c(Cl)c2)COc2c(F)cccc21. The topological polar surface area (TPSA) is 46.5 Å². The molecule has 5 heteroatoms. The summed E-state index contributed by atoms with van der Waals surface area (Å²) < 4.78 is 18.9. The van der Waals surface area contributed by atoms with Crippen LogP contribution in [0.25, 0.3) is 6.08 Å². The van der Waals surface area contributed by atoms with Crippen LogP contribution in [0.4, 0.5) is 4.39 Å². The quantitative estimate of drug-likeness (QED) is 0.814. The number of rotatable bonds is 1. The number of ketones is 1. The second kappa shape index (κ2) is 5.22. The van der Waals surface area contributed by atoms with Crippen molar-refractivity contribution in [2.45, 2.75) is 0 Å². The minimum atomic E-state index is -0.549. The van der Waals surface area contributed by atoms with Gasteiger partial charge in [0.05, 0.1) is 10.6 Å². The molecule has 0 saturated carbocycles. The van der Waals surface area contributed by atoms with Crippen LogP contribution >= 0.6 is 11.6 Å². The fourth-order valence-corrected chi connectivity index (χ4v) is 2.33. The molecule has 0 fully saturated rings. The standard InChI is InChI=1S/C16H10ClFO3/c17-12-7-9(4-5-14(12)19)6-10-8-21-16-11(15(10)20)2-1-3-13(16)18/h1-7,19H,8H2. The summed E-state index contributed by atoms with van der Waals surface area (Å²) in [5.41, 5.74) is 1.26. The smallest absolute Gasteiger partial charge is 0.196 e. The number of ether oxygens (including phenoxy) is 1. The molecule has 1 heterocycles. The van der Waals surface area contributed by atoms with E-state index in [1.165, 1.54) is 30.3 Å². The highest BCUT2D eigenvalue weighted by Gasteiger charge is 2.25. The Balaban J connectivity index is 1.99. The summed E-state index contributed by atoms with van der Waals surface area (Å²) >= 11 is 5.82. The third-order valence-corrected chi connectivity index (χ3v) is 3.49. The van der Waals surface area contributed by atoms with Crippen LogP contribution < -0.4 is 4.74 Å². The third-order valence-electron chi connectivity index (χ3n) is 3.19. The third kappa shape index (κ3) is 2.50. The first-order chi connectivity index (χ1) is 10.1. The first kappa shape index (κ1) is 13.6. The van der Waals surface area contributed by atoms with Gasteiger partial charge in [-0.3, -0.25) is 4.79 Å². The maximum Gasteiger partial charge on any atom is 0.196 e. The van der Waals surface area contributed by atoms with Crippen LogP contribution in [0.15, 0.2) is 42.0 Å². The van der Waals surface area contributed by atoms with Gasteiger partial charge in [-0.2, -0.15) is 0 Å². The molecule has 0 aliphatic carbocycles.